The summed E-state index contributed by atoms with van der Waals surface area (Å²) in [5, 5.41) is 25.6. The van der Waals surface area contributed by atoms with Crippen LogP contribution in [0.15, 0.2) is 106 Å². The number of nitrogens with zero attached hydrogens (tertiary/aromatic N) is 3. The number of ether oxygens (including phenoxy) is 1. The summed E-state index contributed by atoms with van der Waals surface area (Å²) in [6.07, 6.45) is 7.38. The minimum absolute atomic E-state index is 0.00392. The van der Waals surface area contributed by atoms with Crippen LogP contribution < -0.4 is 5.32 Å². The van der Waals surface area contributed by atoms with E-state index in [1.54, 1.807) is 6.92 Å². The molecule has 6 aliphatic rings. The first-order chi connectivity index (χ1) is 20.0. The van der Waals surface area contributed by atoms with E-state index in [0.29, 0.717) is 18.6 Å². The molecule has 8 nitrogen and oxygen atoms in total. The number of aliphatic hydroxyl groups excluding tert-OH is 2. The van der Waals surface area contributed by atoms with Gasteiger partial charge in [0.1, 0.15) is 5.76 Å². The standard InChI is InChI=1S/C34H38N4O4/c1-8-20-15(2)26-14-28-31(19(6)39)17(4)27(35-28)13-25-16(3)21(9-10-30(41)42-7)33(38-25)23-12-29(40)22-11-24(37-34(22)23)18(5)32(20)36-26/h11,13-14,16,19,21,38-40H,8-10,12H2,1-7H3/t16-,19?,21-/m0/s1. The maximum Gasteiger partial charge on any atom is 0.305 e. The van der Waals surface area contributed by atoms with E-state index in [0.717, 1.165) is 91.1 Å². The number of fused-ring (bicyclic) bond motifs is 5. The predicted molar refractivity (Wildman–Crippen MR) is 165 cm³/mol. The molecule has 3 atom stereocenters. The summed E-state index contributed by atoms with van der Waals surface area (Å²) < 4.78 is 4.96. The third-order valence-corrected chi connectivity index (χ3v) is 9.40. The number of nitrogens with one attached hydrogen (secondary N) is 1. The molecule has 1 aliphatic carbocycles. The second kappa shape index (κ2) is 10.3. The molecule has 1 unspecified atom stereocenters. The zero-order chi connectivity index (χ0) is 30.0. The molecule has 0 aromatic heterocycles. The van der Waals surface area contributed by atoms with E-state index in [1.165, 1.54) is 7.11 Å². The lowest BCUT2D eigenvalue weighted by Gasteiger charge is -2.17. The van der Waals surface area contributed by atoms with Crippen LogP contribution in [0, 0.1) is 11.8 Å². The fourth-order valence-electron chi connectivity index (χ4n) is 6.96. The Morgan fingerprint density at radius 2 is 1.81 bits per heavy atom. The van der Waals surface area contributed by atoms with Crippen LogP contribution in [0.1, 0.15) is 67.2 Å². The Bertz CT molecular complexity index is 1680. The van der Waals surface area contributed by atoms with Crippen LogP contribution in [0.25, 0.3) is 0 Å². The lowest BCUT2D eigenvalue weighted by Crippen LogP contribution is -2.15. The summed E-state index contributed by atoms with van der Waals surface area (Å²) >= 11 is 0. The number of aliphatic imine (C=N–C) groups is 3. The SMILES string of the molecule is CCC1=C(C)C2=NC1=C(C)C1=CC3=C(O)CC(=C4NC(=CC5=NC(=C2)C(C(C)O)=C5C)[C@@H](C)[C@@H]4CCC(=O)OC)C3=N1. The fraction of sp³-hybridized carbons (Fsp3) is 0.412. The van der Waals surface area contributed by atoms with Gasteiger partial charge >= 0.3 is 5.97 Å². The van der Waals surface area contributed by atoms with Crippen molar-refractivity contribution >= 4 is 23.1 Å². The minimum Gasteiger partial charge on any atom is -0.511 e. The molecule has 0 aromatic rings. The first-order valence-electron chi connectivity index (χ1n) is 14.8. The molecule has 8 bridgehead atoms. The summed E-state index contributed by atoms with van der Waals surface area (Å²) in [5.74, 6) is 0.0979. The van der Waals surface area contributed by atoms with Gasteiger partial charge in [-0.2, -0.15) is 0 Å². The number of esters is 1. The quantitative estimate of drug-likeness (QED) is 0.354. The van der Waals surface area contributed by atoms with Gasteiger partial charge in [0.15, 0.2) is 0 Å². The highest BCUT2D eigenvalue weighted by Crippen LogP contribution is 2.45. The summed E-state index contributed by atoms with van der Waals surface area (Å²) in [4.78, 5) is 27.4. The van der Waals surface area contributed by atoms with Gasteiger partial charge in [0, 0.05) is 58.4 Å². The van der Waals surface area contributed by atoms with Gasteiger partial charge in [0.05, 0.1) is 47.4 Å². The van der Waals surface area contributed by atoms with Crippen molar-refractivity contribution in [2.24, 2.45) is 26.8 Å². The molecule has 5 aliphatic heterocycles. The summed E-state index contributed by atoms with van der Waals surface area (Å²) in [5.41, 5.74) is 13.4. The highest BCUT2D eigenvalue weighted by atomic mass is 16.5. The topological polar surface area (TPSA) is 116 Å². The molecule has 3 N–H and O–H groups in total. The highest BCUT2D eigenvalue weighted by molar-refractivity contribution is 6.20. The molecule has 42 heavy (non-hydrogen) atoms. The van der Waals surface area contributed by atoms with E-state index in [2.05, 4.69) is 32.2 Å². The minimum atomic E-state index is -0.701. The van der Waals surface area contributed by atoms with E-state index in [-0.39, 0.29) is 24.2 Å². The van der Waals surface area contributed by atoms with Crippen molar-refractivity contribution in [3.63, 3.8) is 0 Å². The van der Waals surface area contributed by atoms with E-state index in [1.807, 2.05) is 26.0 Å². The van der Waals surface area contributed by atoms with Gasteiger partial charge in [-0.3, -0.25) is 4.79 Å². The summed E-state index contributed by atoms with van der Waals surface area (Å²) in [6.45, 7) is 12.2. The molecule has 8 heteroatoms. The van der Waals surface area contributed by atoms with Crippen molar-refractivity contribution in [2.75, 3.05) is 7.11 Å². The lowest BCUT2D eigenvalue weighted by atomic mass is 9.86. The molecule has 0 saturated carbocycles. The Morgan fingerprint density at radius 3 is 2.50 bits per heavy atom. The number of carbonyl (C=O) groups is 1. The molecule has 218 valence electrons. The molecule has 6 rings (SSSR count). The van der Waals surface area contributed by atoms with Crippen LogP contribution in [-0.4, -0.2) is 46.5 Å². The zero-order valence-electron chi connectivity index (χ0n) is 25.3. The van der Waals surface area contributed by atoms with Crippen molar-refractivity contribution in [1.29, 1.82) is 0 Å². The molecule has 5 heterocycles. The Balaban J connectivity index is 1.60. The monoisotopic (exact) mass is 566 g/mol. The van der Waals surface area contributed by atoms with Crippen LogP contribution >= 0.6 is 0 Å². The first-order valence-corrected chi connectivity index (χ1v) is 14.8. The number of hydrogen-bond donors (Lipinski definition) is 3. The second-order valence-corrected chi connectivity index (χ2v) is 11.8. The Kier molecular flexibility index (Phi) is 6.92. The zero-order valence-corrected chi connectivity index (χ0v) is 25.3. The maximum atomic E-state index is 12.2. The number of carbonyl (C=O) groups excluding carboxylic acids is 1. The number of methoxy groups -OCH3 is 1. The van der Waals surface area contributed by atoms with Crippen LogP contribution in [0.4, 0.5) is 0 Å². The Hall–Kier alpha value is -4.04. The van der Waals surface area contributed by atoms with E-state index >= 15 is 0 Å². The van der Waals surface area contributed by atoms with Gasteiger partial charge in [-0.15, -0.1) is 0 Å². The van der Waals surface area contributed by atoms with Gasteiger partial charge < -0.3 is 20.3 Å². The Morgan fingerprint density at radius 1 is 1.07 bits per heavy atom. The lowest BCUT2D eigenvalue weighted by molar-refractivity contribution is -0.140. The van der Waals surface area contributed by atoms with Crippen LogP contribution in [0.5, 0.6) is 0 Å². The van der Waals surface area contributed by atoms with Gasteiger partial charge in [-0.1, -0.05) is 13.8 Å². The van der Waals surface area contributed by atoms with Gasteiger partial charge in [0.25, 0.3) is 0 Å². The van der Waals surface area contributed by atoms with E-state index in [4.69, 9.17) is 19.7 Å². The van der Waals surface area contributed by atoms with Gasteiger partial charge in [-0.05, 0) is 75.5 Å². The van der Waals surface area contributed by atoms with E-state index in [9.17, 15) is 15.0 Å². The third-order valence-electron chi connectivity index (χ3n) is 9.40. The normalized spacial score (nSPS) is 25.5. The van der Waals surface area contributed by atoms with Crippen molar-refractivity contribution < 1.29 is 19.7 Å². The number of allylic oxidation sites excluding steroid dienone is 11. The van der Waals surface area contributed by atoms with Crippen molar-refractivity contribution in [1.82, 2.24) is 5.32 Å². The largest absolute Gasteiger partial charge is 0.511 e. The third kappa shape index (κ3) is 4.31. The van der Waals surface area contributed by atoms with Crippen LogP contribution in [0.2, 0.25) is 0 Å². The fourth-order valence-corrected chi connectivity index (χ4v) is 6.96. The van der Waals surface area contributed by atoms with Crippen molar-refractivity contribution in [3.8, 4) is 0 Å². The molecule has 1 saturated heterocycles. The molecular weight excluding hydrogens is 528 g/mol. The maximum absolute atomic E-state index is 12.2. The van der Waals surface area contributed by atoms with Gasteiger partial charge in [-0.25, -0.2) is 15.0 Å². The molecule has 0 aromatic carbocycles. The average Bonchev–Trinajstić information content (AvgIpc) is 3.73. The smallest absolute Gasteiger partial charge is 0.305 e. The number of aliphatic hydroxyl groups is 2. The molecule has 0 amide bonds. The van der Waals surface area contributed by atoms with Crippen LogP contribution in [-0.2, 0) is 9.53 Å². The highest BCUT2D eigenvalue weighted by Gasteiger charge is 2.40. The molecule has 1 fully saturated rings. The molecule has 0 radical (unpaired) electrons. The van der Waals surface area contributed by atoms with E-state index < -0.39 is 6.10 Å². The van der Waals surface area contributed by atoms with Crippen molar-refractivity contribution in [2.45, 2.75) is 73.3 Å². The van der Waals surface area contributed by atoms with Crippen LogP contribution in [0.3, 0.4) is 0 Å². The predicted octanol–water partition coefficient (Wildman–Crippen LogP) is 5.99. The Labute approximate surface area is 246 Å². The van der Waals surface area contributed by atoms with Gasteiger partial charge in [0.2, 0.25) is 0 Å². The molecule has 0 spiro atoms. The summed E-state index contributed by atoms with van der Waals surface area (Å²) in [7, 11) is 1.41. The van der Waals surface area contributed by atoms with Crippen molar-refractivity contribution in [3.05, 3.63) is 91.5 Å². The molecular formula is C34H38N4O4. The summed E-state index contributed by atoms with van der Waals surface area (Å²) in [6, 6.07) is 0. The number of rotatable bonds is 5. The first kappa shape index (κ1) is 28.1. The number of hydrogen-bond acceptors (Lipinski definition) is 8. The average molecular weight is 567 g/mol. The second-order valence-electron chi connectivity index (χ2n) is 11.8.